The highest BCUT2D eigenvalue weighted by Crippen LogP contribution is 2.29. The second kappa shape index (κ2) is 8.59. The number of aromatic amines is 1. The molecule has 1 atom stereocenters. The van der Waals surface area contributed by atoms with Crippen LogP contribution >= 0.6 is 0 Å². The Morgan fingerprint density at radius 1 is 1.07 bits per heavy atom. The number of benzene rings is 2. The zero-order valence-electron chi connectivity index (χ0n) is 15.7. The molecule has 142 valence electrons. The number of aliphatic hydroxyl groups is 1. The van der Waals surface area contributed by atoms with E-state index in [0.29, 0.717) is 13.2 Å². The number of para-hydroxylation sites is 1. The Hall–Kier alpha value is -2.30. The predicted octanol–water partition coefficient (Wildman–Crippen LogP) is 3.62. The summed E-state index contributed by atoms with van der Waals surface area (Å²) in [5.41, 5.74) is 5.22. The Kier molecular flexibility index (Phi) is 5.75. The third kappa shape index (κ3) is 4.34. The van der Waals surface area contributed by atoms with E-state index >= 15 is 0 Å². The molecule has 1 aromatic heterocycles. The van der Waals surface area contributed by atoms with Crippen molar-refractivity contribution in [1.82, 2.24) is 10.3 Å². The summed E-state index contributed by atoms with van der Waals surface area (Å²) in [6.45, 7) is 1.70. The molecule has 4 rings (SSSR count). The first-order chi connectivity index (χ1) is 13.3. The van der Waals surface area contributed by atoms with Crippen molar-refractivity contribution in [2.24, 2.45) is 0 Å². The van der Waals surface area contributed by atoms with E-state index in [2.05, 4.69) is 46.8 Å². The molecule has 1 heterocycles. The number of aromatic nitrogens is 1. The van der Waals surface area contributed by atoms with Gasteiger partial charge < -0.3 is 20.1 Å². The van der Waals surface area contributed by atoms with Crippen LogP contribution in [0.2, 0.25) is 0 Å². The zero-order valence-corrected chi connectivity index (χ0v) is 15.7. The molecule has 3 aromatic rings. The maximum Gasteiger partial charge on any atom is 0.122 e. The second-order valence-corrected chi connectivity index (χ2v) is 7.38. The van der Waals surface area contributed by atoms with E-state index in [0.717, 1.165) is 31.6 Å². The molecule has 0 saturated heterocycles. The van der Waals surface area contributed by atoms with Crippen LogP contribution in [0.3, 0.4) is 0 Å². The summed E-state index contributed by atoms with van der Waals surface area (Å²) in [5, 5.41) is 14.9. The molecule has 1 aliphatic carbocycles. The molecule has 0 spiro atoms. The monoisotopic (exact) mass is 364 g/mol. The number of rotatable bonds is 8. The zero-order chi connectivity index (χ0) is 18.5. The lowest BCUT2D eigenvalue weighted by Crippen LogP contribution is -2.32. The standard InChI is InChI=1S/C23H28N2O2/c26-19(16-27-23-11-5-7-17-6-1-2-9-21(17)23)15-24-13-12-18-14-25-22-10-4-3-8-20(18)22/h3-5,7-8,10-11,14,19,24-26H,1-2,6,9,12-13,15-16H2. The van der Waals surface area contributed by atoms with Gasteiger partial charge in [0.1, 0.15) is 18.5 Å². The smallest absolute Gasteiger partial charge is 0.122 e. The quantitative estimate of drug-likeness (QED) is 0.535. The molecule has 4 heteroatoms. The lowest BCUT2D eigenvalue weighted by Gasteiger charge is -2.20. The number of aliphatic hydroxyl groups excluding tert-OH is 1. The fourth-order valence-corrected chi connectivity index (χ4v) is 3.96. The van der Waals surface area contributed by atoms with Crippen molar-refractivity contribution in [3.05, 3.63) is 65.4 Å². The minimum Gasteiger partial charge on any atom is -0.491 e. The van der Waals surface area contributed by atoms with Crippen LogP contribution in [0.15, 0.2) is 48.7 Å². The summed E-state index contributed by atoms with van der Waals surface area (Å²) >= 11 is 0. The SMILES string of the molecule is OC(CNCCc1c[nH]c2ccccc12)COc1cccc2c1CCCC2. The number of ether oxygens (including phenoxy) is 1. The Balaban J connectivity index is 1.22. The average molecular weight is 364 g/mol. The van der Waals surface area contributed by atoms with Crippen molar-refractivity contribution in [3.63, 3.8) is 0 Å². The summed E-state index contributed by atoms with van der Waals surface area (Å²) < 4.78 is 5.93. The molecule has 4 nitrogen and oxygen atoms in total. The van der Waals surface area contributed by atoms with Crippen LogP contribution in [0.25, 0.3) is 10.9 Å². The van der Waals surface area contributed by atoms with E-state index in [9.17, 15) is 5.11 Å². The van der Waals surface area contributed by atoms with Gasteiger partial charge in [0.15, 0.2) is 0 Å². The first kappa shape index (κ1) is 18.1. The Morgan fingerprint density at radius 2 is 1.96 bits per heavy atom. The maximum atomic E-state index is 10.2. The van der Waals surface area contributed by atoms with Crippen LogP contribution in [0.1, 0.15) is 29.5 Å². The maximum absolute atomic E-state index is 10.2. The fourth-order valence-electron chi connectivity index (χ4n) is 3.96. The Bertz CT molecular complexity index is 887. The molecule has 0 saturated carbocycles. The van der Waals surface area contributed by atoms with E-state index in [4.69, 9.17) is 4.74 Å². The molecule has 0 bridgehead atoms. The molecule has 2 aromatic carbocycles. The van der Waals surface area contributed by atoms with Crippen LogP contribution in [0.5, 0.6) is 5.75 Å². The van der Waals surface area contributed by atoms with Gasteiger partial charge in [0, 0.05) is 23.6 Å². The Morgan fingerprint density at radius 3 is 2.93 bits per heavy atom. The largest absolute Gasteiger partial charge is 0.491 e. The minimum atomic E-state index is -0.507. The molecule has 0 amide bonds. The van der Waals surface area contributed by atoms with Gasteiger partial charge in [-0.1, -0.05) is 30.3 Å². The van der Waals surface area contributed by atoms with Gasteiger partial charge in [0.2, 0.25) is 0 Å². The lowest BCUT2D eigenvalue weighted by atomic mass is 9.91. The molecule has 3 N–H and O–H groups in total. The highest BCUT2D eigenvalue weighted by Gasteiger charge is 2.14. The van der Waals surface area contributed by atoms with Gasteiger partial charge in [-0.2, -0.15) is 0 Å². The third-order valence-electron chi connectivity index (χ3n) is 5.41. The van der Waals surface area contributed by atoms with Crippen LogP contribution in [0.4, 0.5) is 0 Å². The number of nitrogens with one attached hydrogen (secondary N) is 2. The topological polar surface area (TPSA) is 57.3 Å². The highest BCUT2D eigenvalue weighted by atomic mass is 16.5. The third-order valence-corrected chi connectivity index (χ3v) is 5.41. The van der Waals surface area contributed by atoms with E-state index < -0.39 is 6.10 Å². The second-order valence-electron chi connectivity index (χ2n) is 7.38. The molecule has 0 fully saturated rings. The number of hydrogen-bond acceptors (Lipinski definition) is 3. The molecule has 0 aliphatic heterocycles. The van der Waals surface area contributed by atoms with Crippen molar-refractivity contribution in [1.29, 1.82) is 0 Å². The number of hydrogen-bond donors (Lipinski definition) is 3. The molecular weight excluding hydrogens is 336 g/mol. The van der Waals surface area contributed by atoms with Crippen LogP contribution in [-0.4, -0.2) is 35.9 Å². The minimum absolute atomic E-state index is 0.330. The van der Waals surface area contributed by atoms with Crippen LogP contribution in [-0.2, 0) is 19.3 Å². The highest BCUT2D eigenvalue weighted by molar-refractivity contribution is 5.83. The normalized spacial score (nSPS) is 14.9. The first-order valence-electron chi connectivity index (χ1n) is 9.98. The Labute approximate surface area is 160 Å². The van der Waals surface area contributed by atoms with Crippen LogP contribution < -0.4 is 10.1 Å². The van der Waals surface area contributed by atoms with Gasteiger partial charge in [0.05, 0.1) is 0 Å². The number of H-pyrrole nitrogens is 1. The summed E-state index contributed by atoms with van der Waals surface area (Å²) in [6, 6.07) is 14.6. The van der Waals surface area contributed by atoms with Crippen LogP contribution in [0, 0.1) is 0 Å². The van der Waals surface area contributed by atoms with Gasteiger partial charge in [-0.15, -0.1) is 0 Å². The van der Waals surface area contributed by atoms with Gasteiger partial charge in [-0.25, -0.2) is 0 Å². The summed E-state index contributed by atoms with van der Waals surface area (Å²) in [5.74, 6) is 0.949. The summed E-state index contributed by atoms with van der Waals surface area (Å²) in [7, 11) is 0. The van der Waals surface area contributed by atoms with E-state index in [1.54, 1.807) is 0 Å². The first-order valence-corrected chi connectivity index (χ1v) is 9.98. The van der Waals surface area contributed by atoms with Crippen molar-refractivity contribution in [3.8, 4) is 5.75 Å². The van der Waals surface area contributed by atoms with E-state index in [1.165, 1.54) is 40.4 Å². The lowest BCUT2D eigenvalue weighted by molar-refractivity contribution is 0.106. The van der Waals surface area contributed by atoms with Gasteiger partial charge in [-0.3, -0.25) is 0 Å². The molecule has 1 aliphatic rings. The van der Waals surface area contributed by atoms with Gasteiger partial charge in [0.25, 0.3) is 0 Å². The van der Waals surface area contributed by atoms with Gasteiger partial charge in [-0.05, 0) is 67.5 Å². The van der Waals surface area contributed by atoms with Crippen molar-refractivity contribution in [2.75, 3.05) is 19.7 Å². The molecular formula is C23H28N2O2. The number of aryl methyl sites for hydroxylation is 1. The predicted molar refractivity (Wildman–Crippen MR) is 109 cm³/mol. The number of fused-ring (bicyclic) bond motifs is 2. The molecule has 1 unspecified atom stereocenters. The van der Waals surface area contributed by atoms with Gasteiger partial charge >= 0.3 is 0 Å². The fraction of sp³-hybridized carbons (Fsp3) is 0.391. The average Bonchev–Trinajstić information content (AvgIpc) is 3.13. The van der Waals surface area contributed by atoms with Crippen molar-refractivity contribution < 1.29 is 9.84 Å². The van der Waals surface area contributed by atoms with Crippen molar-refractivity contribution >= 4 is 10.9 Å². The van der Waals surface area contributed by atoms with E-state index in [-0.39, 0.29) is 0 Å². The summed E-state index contributed by atoms with van der Waals surface area (Å²) in [4.78, 5) is 3.30. The van der Waals surface area contributed by atoms with E-state index in [1.807, 2.05) is 12.1 Å². The van der Waals surface area contributed by atoms with Crippen molar-refractivity contribution in [2.45, 2.75) is 38.2 Å². The molecule has 27 heavy (non-hydrogen) atoms. The molecule has 0 radical (unpaired) electrons. The summed E-state index contributed by atoms with van der Waals surface area (Å²) in [6.07, 6.45) is 7.22.